The lowest BCUT2D eigenvalue weighted by Crippen LogP contribution is -2.30. The SMILES string of the molecule is COc1c(Cl)cc(/C(O)=C2\C(=O)C(=O)N(c3ccccc3C)C2c2ccccc2)cc1Cl. The molecule has 0 bridgehead atoms. The first-order valence-electron chi connectivity index (χ1n) is 9.80. The van der Waals surface area contributed by atoms with Gasteiger partial charge in [0.05, 0.1) is 28.8 Å². The predicted octanol–water partition coefficient (Wildman–Crippen LogP) is 5.94. The average Bonchev–Trinajstić information content (AvgIpc) is 3.04. The zero-order chi connectivity index (χ0) is 23.0. The first kappa shape index (κ1) is 21.9. The van der Waals surface area contributed by atoms with Gasteiger partial charge in [-0.2, -0.15) is 0 Å². The van der Waals surface area contributed by atoms with Crippen LogP contribution in [-0.2, 0) is 9.59 Å². The molecule has 4 rings (SSSR count). The normalized spacial score (nSPS) is 17.6. The van der Waals surface area contributed by atoms with Gasteiger partial charge in [-0.15, -0.1) is 0 Å². The molecule has 1 fully saturated rings. The Bertz CT molecular complexity index is 1230. The van der Waals surface area contributed by atoms with Gasteiger partial charge in [0.25, 0.3) is 11.7 Å². The lowest BCUT2D eigenvalue weighted by molar-refractivity contribution is -0.132. The second-order valence-corrected chi connectivity index (χ2v) is 8.15. The fourth-order valence-corrected chi connectivity index (χ4v) is 4.55. The van der Waals surface area contributed by atoms with Gasteiger partial charge in [-0.3, -0.25) is 14.5 Å². The molecule has 7 heteroatoms. The lowest BCUT2D eigenvalue weighted by Gasteiger charge is -2.26. The molecule has 0 saturated carbocycles. The zero-order valence-corrected chi connectivity index (χ0v) is 18.8. The summed E-state index contributed by atoms with van der Waals surface area (Å²) < 4.78 is 5.16. The molecule has 1 aliphatic heterocycles. The Balaban J connectivity index is 1.97. The van der Waals surface area contributed by atoms with Crippen molar-refractivity contribution in [3.8, 4) is 5.75 Å². The number of rotatable bonds is 4. The van der Waals surface area contributed by atoms with Gasteiger partial charge in [-0.1, -0.05) is 71.7 Å². The maximum atomic E-state index is 13.2. The number of ketones is 1. The van der Waals surface area contributed by atoms with Crippen LogP contribution in [0.5, 0.6) is 5.75 Å². The third-order valence-corrected chi connectivity index (χ3v) is 5.97. The van der Waals surface area contributed by atoms with Gasteiger partial charge in [-0.05, 0) is 36.2 Å². The van der Waals surface area contributed by atoms with Crippen LogP contribution in [0.3, 0.4) is 0 Å². The number of para-hydroxylation sites is 1. The van der Waals surface area contributed by atoms with Crippen molar-refractivity contribution >= 4 is 46.3 Å². The molecule has 0 aromatic heterocycles. The Kier molecular flexibility index (Phi) is 5.96. The molecule has 1 saturated heterocycles. The highest BCUT2D eigenvalue weighted by atomic mass is 35.5. The van der Waals surface area contributed by atoms with E-state index in [4.69, 9.17) is 27.9 Å². The monoisotopic (exact) mass is 467 g/mol. The van der Waals surface area contributed by atoms with Crippen molar-refractivity contribution < 1.29 is 19.4 Å². The van der Waals surface area contributed by atoms with Crippen molar-refractivity contribution in [1.82, 2.24) is 0 Å². The number of benzene rings is 3. The Labute approximate surface area is 195 Å². The summed E-state index contributed by atoms with van der Waals surface area (Å²) in [5.74, 6) is -1.62. The largest absolute Gasteiger partial charge is 0.507 e. The van der Waals surface area contributed by atoms with Gasteiger partial charge in [-0.25, -0.2) is 0 Å². The van der Waals surface area contributed by atoms with Crippen LogP contribution < -0.4 is 9.64 Å². The smallest absolute Gasteiger partial charge is 0.300 e. The molecule has 1 amide bonds. The summed E-state index contributed by atoms with van der Waals surface area (Å²) in [7, 11) is 1.43. The van der Waals surface area contributed by atoms with Crippen LogP contribution in [-0.4, -0.2) is 23.9 Å². The van der Waals surface area contributed by atoms with Gasteiger partial charge < -0.3 is 9.84 Å². The summed E-state index contributed by atoms with van der Waals surface area (Å²) >= 11 is 12.5. The molecule has 0 aliphatic carbocycles. The number of aliphatic hydroxyl groups is 1. The zero-order valence-electron chi connectivity index (χ0n) is 17.3. The van der Waals surface area contributed by atoms with Gasteiger partial charge in [0.15, 0.2) is 5.75 Å². The van der Waals surface area contributed by atoms with E-state index in [9.17, 15) is 14.7 Å². The first-order chi connectivity index (χ1) is 15.3. The molecule has 0 radical (unpaired) electrons. The van der Waals surface area contributed by atoms with E-state index >= 15 is 0 Å². The summed E-state index contributed by atoms with van der Waals surface area (Å²) in [5.41, 5.74) is 2.27. The van der Waals surface area contributed by atoms with Crippen LogP contribution >= 0.6 is 23.2 Å². The minimum atomic E-state index is -0.822. The maximum absolute atomic E-state index is 13.2. The molecule has 0 spiro atoms. The van der Waals surface area contributed by atoms with E-state index in [0.29, 0.717) is 11.3 Å². The minimum absolute atomic E-state index is 0.0400. The van der Waals surface area contributed by atoms with Crippen molar-refractivity contribution in [3.05, 3.63) is 99.0 Å². The number of ether oxygens (including phenoxy) is 1. The molecule has 1 heterocycles. The van der Waals surface area contributed by atoms with E-state index < -0.39 is 17.7 Å². The van der Waals surface area contributed by atoms with Crippen molar-refractivity contribution in [3.63, 3.8) is 0 Å². The van der Waals surface area contributed by atoms with Crippen LogP contribution in [0.1, 0.15) is 22.7 Å². The number of carbonyl (C=O) groups is 2. The topological polar surface area (TPSA) is 66.8 Å². The highest BCUT2D eigenvalue weighted by Crippen LogP contribution is 2.44. The van der Waals surface area contributed by atoms with Gasteiger partial charge in [0.1, 0.15) is 5.76 Å². The molecule has 162 valence electrons. The molecule has 1 N–H and O–H groups in total. The molecule has 1 atom stereocenters. The average molecular weight is 468 g/mol. The third-order valence-electron chi connectivity index (χ3n) is 5.41. The van der Waals surface area contributed by atoms with Crippen molar-refractivity contribution in [2.75, 3.05) is 12.0 Å². The van der Waals surface area contributed by atoms with E-state index in [0.717, 1.165) is 5.56 Å². The molecule has 3 aromatic carbocycles. The number of methoxy groups -OCH3 is 1. The summed E-state index contributed by atoms with van der Waals surface area (Å²) in [6, 6.07) is 18.5. The van der Waals surface area contributed by atoms with E-state index in [1.807, 2.05) is 49.4 Å². The Morgan fingerprint density at radius 1 is 0.969 bits per heavy atom. The number of carbonyl (C=O) groups excluding carboxylic acids is 2. The molecule has 1 unspecified atom stereocenters. The number of hydrogen-bond acceptors (Lipinski definition) is 4. The van der Waals surface area contributed by atoms with Gasteiger partial charge >= 0.3 is 0 Å². The predicted molar refractivity (Wildman–Crippen MR) is 125 cm³/mol. The van der Waals surface area contributed by atoms with Crippen molar-refractivity contribution in [2.45, 2.75) is 13.0 Å². The number of nitrogens with zero attached hydrogens (tertiary/aromatic N) is 1. The molecular weight excluding hydrogens is 449 g/mol. The number of amides is 1. The molecular formula is C25H19Cl2NO4. The number of anilines is 1. The fraction of sp³-hybridized carbons (Fsp3) is 0.120. The maximum Gasteiger partial charge on any atom is 0.300 e. The van der Waals surface area contributed by atoms with Crippen LogP contribution in [0.2, 0.25) is 10.0 Å². The Hall–Kier alpha value is -3.28. The summed E-state index contributed by atoms with van der Waals surface area (Å²) in [4.78, 5) is 27.8. The van der Waals surface area contributed by atoms with Crippen LogP contribution in [0, 0.1) is 6.92 Å². The number of hydrogen-bond donors (Lipinski definition) is 1. The molecule has 1 aliphatic rings. The lowest BCUT2D eigenvalue weighted by atomic mass is 9.95. The fourth-order valence-electron chi connectivity index (χ4n) is 3.91. The van der Waals surface area contributed by atoms with E-state index in [1.165, 1.54) is 24.1 Å². The summed E-state index contributed by atoms with van der Waals surface area (Å²) in [6.45, 7) is 1.86. The van der Waals surface area contributed by atoms with E-state index in [1.54, 1.807) is 12.1 Å². The number of aryl methyl sites for hydroxylation is 1. The number of aliphatic hydroxyl groups excluding tert-OH is 1. The number of halogens is 2. The first-order valence-corrected chi connectivity index (χ1v) is 10.6. The molecule has 3 aromatic rings. The van der Waals surface area contributed by atoms with E-state index in [-0.39, 0.29) is 32.7 Å². The summed E-state index contributed by atoms with van der Waals surface area (Å²) in [5, 5.41) is 11.6. The minimum Gasteiger partial charge on any atom is -0.507 e. The third kappa shape index (κ3) is 3.64. The standard InChI is InChI=1S/C25H19Cl2NO4/c1-14-8-6-7-11-19(14)28-21(15-9-4-3-5-10-15)20(23(30)25(28)31)22(29)16-12-17(26)24(32-2)18(27)13-16/h3-13,21,29H,1-2H3/b22-20+. The Morgan fingerprint density at radius 2 is 1.56 bits per heavy atom. The highest BCUT2D eigenvalue weighted by Gasteiger charge is 2.47. The van der Waals surface area contributed by atoms with Crippen LogP contribution in [0.25, 0.3) is 5.76 Å². The molecule has 32 heavy (non-hydrogen) atoms. The second kappa shape index (κ2) is 8.69. The number of Topliss-reactive ketones (excluding diaryl/α,β-unsaturated/α-hetero) is 1. The van der Waals surface area contributed by atoms with Crippen LogP contribution in [0.15, 0.2) is 72.3 Å². The summed E-state index contributed by atoms with van der Waals surface area (Å²) in [6.07, 6.45) is 0. The quantitative estimate of drug-likeness (QED) is 0.293. The van der Waals surface area contributed by atoms with Crippen molar-refractivity contribution in [1.29, 1.82) is 0 Å². The molecule has 5 nitrogen and oxygen atoms in total. The van der Waals surface area contributed by atoms with E-state index in [2.05, 4.69) is 0 Å². The second-order valence-electron chi connectivity index (χ2n) is 7.34. The van der Waals surface area contributed by atoms with Gasteiger partial charge in [0, 0.05) is 11.3 Å². The van der Waals surface area contributed by atoms with Gasteiger partial charge in [0.2, 0.25) is 0 Å². The Morgan fingerprint density at radius 3 is 2.16 bits per heavy atom. The highest BCUT2D eigenvalue weighted by molar-refractivity contribution is 6.52. The van der Waals surface area contributed by atoms with Crippen molar-refractivity contribution in [2.24, 2.45) is 0 Å². The van der Waals surface area contributed by atoms with Crippen LogP contribution in [0.4, 0.5) is 5.69 Å².